The number of hydrogen-bond acceptors (Lipinski definition) is 5. The van der Waals surface area contributed by atoms with Gasteiger partial charge in [0.05, 0.1) is 20.1 Å². The molecule has 0 aliphatic heterocycles. The summed E-state index contributed by atoms with van der Waals surface area (Å²) < 4.78 is 8.55. The lowest BCUT2D eigenvalue weighted by molar-refractivity contribution is -0.162. The summed E-state index contributed by atoms with van der Waals surface area (Å²) in [4.78, 5) is 21.5. The summed E-state index contributed by atoms with van der Waals surface area (Å²) in [5, 5.41) is 9.11. The van der Waals surface area contributed by atoms with Crippen molar-refractivity contribution in [2.75, 3.05) is 14.2 Å². The summed E-state index contributed by atoms with van der Waals surface area (Å²) >= 11 is 0. The van der Waals surface area contributed by atoms with E-state index >= 15 is 0 Å². The molecule has 0 aromatic rings. The minimum absolute atomic E-state index is 0.645. The molecule has 0 aliphatic carbocycles. The van der Waals surface area contributed by atoms with Gasteiger partial charge in [-0.25, -0.2) is 4.79 Å². The molecule has 0 radical (unpaired) electrons. The lowest BCUT2D eigenvalue weighted by Gasteiger charge is -2.13. The Morgan fingerprint density at radius 3 is 1.92 bits per heavy atom. The largest absolute Gasteiger partial charge is 0.469 e. The van der Waals surface area contributed by atoms with Crippen LogP contribution in [0.4, 0.5) is 0 Å². The molecule has 5 nitrogen and oxygen atoms in total. The third-order valence-electron chi connectivity index (χ3n) is 1.49. The fourth-order valence-corrected chi connectivity index (χ4v) is 0.640. The molecule has 0 spiro atoms. The minimum Gasteiger partial charge on any atom is -0.469 e. The molecule has 1 N–H and O–H groups in total. The van der Waals surface area contributed by atoms with Gasteiger partial charge < -0.3 is 14.6 Å². The molecule has 0 bridgehead atoms. The van der Waals surface area contributed by atoms with Crippen molar-refractivity contribution in [3.8, 4) is 0 Å². The van der Waals surface area contributed by atoms with Crippen molar-refractivity contribution in [1.29, 1.82) is 0 Å². The molecule has 0 heterocycles. The standard InChI is InChI=1S/C7H12O5/c1-4(6(9)11-2)5(8)7(10)12-3/h4-5,8H,1-3H3/t4-,5+/m1/s1. The third-order valence-corrected chi connectivity index (χ3v) is 1.49. The summed E-state index contributed by atoms with van der Waals surface area (Å²) in [6.07, 6.45) is -1.46. The van der Waals surface area contributed by atoms with E-state index < -0.39 is 24.0 Å². The zero-order chi connectivity index (χ0) is 9.72. The molecule has 0 unspecified atom stereocenters. The van der Waals surface area contributed by atoms with Gasteiger partial charge in [0.1, 0.15) is 0 Å². The molecule has 0 amide bonds. The van der Waals surface area contributed by atoms with E-state index in [1.165, 1.54) is 14.0 Å². The van der Waals surface area contributed by atoms with Crippen LogP contribution in [0.15, 0.2) is 0 Å². The van der Waals surface area contributed by atoms with E-state index in [0.717, 1.165) is 7.11 Å². The number of methoxy groups -OCH3 is 2. The summed E-state index contributed by atoms with van der Waals surface area (Å²) in [5.74, 6) is -2.39. The molecule has 0 aromatic heterocycles. The molecule has 0 aliphatic rings. The highest BCUT2D eigenvalue weighted by atomic mass is 16.5. The fourth-order valence-electron chi connectivity index (χ4n) is 0.640. The van der Waals surface area contributed by atoms with Gasteiger partial charge in [-0.1, -0.05) is 0 Å². The smallest absolute Gasteiger partial charge is 0.335 e. The number of hydrogen-bond donors (Lipinski definition) is 1. The maximum Gasteiger partial charge on any atom is 0.335 e. The number of carbonyl (C=O) groups is 2. The monoisotopic (exact) mass is 176 g/mol. The summed E-state index contributed by atoms with van der Waals surface area (Å²) in [5.41, 5.74) is 0. The van der Waals surface area contributed by atoms with Gasteiger partial charge in [0.15, 0.2) is 6.10 Å². The molecule has 0 aromatic carbocycles. The molecule has 0 saturated carbocycles. The minimum atomic E-state index is -1.46. The summed E-state index contributed by atoms with van der Waals surface area (Å²) in [7, 11) is 2.32. The number of carbonyl (C=O) groups excluding carboxylic acids is 2. The van der Waals surface area contributed by atoms with Crippen LogP contribution >= 0.6 is 0 Å². The van der Waals surface area contributed by atoms with Gasteiger partial charge in [-0.15, -0.1) is 0 Å². The van der Waals surface area contributed by atoms with Crippen LogP contribution in [0, 0.1) is 5.92 Å². The molecule has 2 atom stereocenters. The normalized spacial score (nSPS) is 14.7. The van der Waals surface area contributed by atoms with E-state index in [1.54, 1.807) is 0 Å². The third kappa shape index (κ3) is 2.50. The Bertz CT molecular complexity index is 157. The predicted octanol–water partition coefficient (Wildman–Crippen LogP) is -0.671. The van der Waals surface area contributed by atoms with Crippen molar-refractivity contribution in [1.82, 2.24) is 0 Å². The van der Waals surface area contributed by atoms with E-state index in [0.29, 0.717) is 0 Å². The number of esters is 2. The average Bonchev–Trinajstić information content (AvgIpc) is 2.12. The zero-order valence-electron chi connectivity index (χ0n) is 7.23. The molecule has 0 fully saturated rings. The zero-order valence-corrected chi connectivity index (χ0v) is 7.23. The number of aliphatic hydroxyl groups excluding tert-OH is 1. The van der Waals surface area contributed by atoms with Gasteiger partial charge in [-0.05, 0) is 6.92 Å². The van der Waals surface area contributed by atoms with E-state index in [4.69, 9.17) is 5.11 Å². The van der Waals surface area contributed by atoms with E-state index in [1.807, 2.05) is 0 Å². The first-order chi connectivity index (χ1) is 5.54. The van der Waals surface area contributed by atoms with Gasteiger partial charge >= 0.3 is 11.9 Å². The van der Waals surface area contributed by atoms with Crippen molar-refractivity contribution in [3.05, 3.63) is 0 Å². The number of rotatable bonds is 3. The van der Waals surface area contributed by atoms with Gasteiger partial charge in [0, 0.05) is 0 Å². The van der Waals surface area contributed by atoms with Crippen molar-refractivity contribution < 1.29 is 24.2 Å². The Morgan fingerprint density at radius 2 is 1.58 bits per heavy atom. The van der Waals surface area contributed by atoms with Crippen molar-refractivity contribution in [2.24, 2.45) is 5.92 Å². The van der Waals surface area contributed by atoms with Crippen molar-refractivity contribution in [3.63, 3.8) is 0 Å². The second-order valence-electron chi connectivity index (χ2n) is 2.28. The van der Waals surface area contributed by atoms with Crippen LogP contribution in [-0.2, 0) is 19.1 Å². The van der Waals surface area contributed by atoms with Crippen molar-refractivity contribution in [2.45, 2.75) is 13.0 Å². The van der Waals surface area contributed by atoms with Crippen LogP contribution in [0.2, 0.25) is 0 Å². The highest BCUT2D eigenvalue weighted by Gasteiger charge is 2.29. The molecular formula is C7H12O5. The molecule has 0 rings (SSSR count). The Morgan fingerprint density at radius 1 is 1.17 bits per heavy atom. The van der Waals surface area contributed by atoms with Gasteiger partial charge in [-0.3, -0.25) is 4.79 Å². The Kier molecular flexibility index (Phi) is 4.28. The quantitative estimate of drug-likeness (QED) is 0.577. The average molecular weight is 176 g/mol. The second-order valence-corrected chi connectivity index (χ2v) is 2.28. The number of ether oxygens (including phenoxy) is 2. The first-order valence-electron chi connectivity index (χ1n) is 3.38. The first kappa shape index (κ1) is 10.9. The highest BCUT2D eigenvalue weighted by Crippen LogP contribution is 2.06. The fraction of sp³-hybridized carbons (Fsp3) is 0.714. The maximum atomic E-state index is 10.8. The molecule has 5 heteroatoms. The number of aliphatic hydroxyl groups is 1. The van der Waals surface area contributed by atoms with Crippen LogP contribution in [0.25, 0.3) is 0 Å². The highest BCUT2D eigenvalue weighted by molar-refractivity contribution is 5.83. The Labute approximate surface area is 70.3 Å². The van der Waals surface area contributed by atoms with Gasteiger partial charge in [0.2, 0.25) is 0 Å². The lowest BCUT2D eigenvalue weighted by Crippen LogP contribution is -2.34. The SMILES string of the molecule is COC(=O)[C@@H](O)[C@@H](C)C(=O)OC. The van der Waals surface area contributed by atoms with Crippen LogP contribution in [-0.4, -0.2) is 37.4 Å². The Balaban J connectivity index is 4.18. The molecule has 12 heavy (non-hydrogen) atoms. The van der Waals surface area contributed by atoms with Gasteiger partial charge in [-0.2, -0.15) is 0 Å². The molecule has 0 saturated heterocycles. The first-order valence-corrected chi connectivity index (χ1v) is 3.38. The van der Waals surface area contributed by atoms with Crippen molar-refractivity contribution >= 4 is 11.9 Å². The Hall–Kier alpha value is -1.10. The van der Waals surface area contributed by atoms with Gasteiger partial charge in [0.25, 0.3) is 0 Å². The topological polar surface area (TPSA) is 72.8 Å². The van der Waals surface area contributed by atoms with Crippen LogP contribution in [0.3, 0.4) is 0 Å². The van der Waals surface area contributed by atoms with E-state index in [-0.39, 0.29) is 0 Å². The van der Waals surface area contributed by atoms with Crippen LogP contribution in [0.5, 0.6) is 0 Å². The predicted molar refractivity (Wildman–Crippen MR) is 39.2 cm³/mol. The van der Waals surface area contributed by atoms with E-state index in [2.05, 4.69) is 9.47 Å². The molecular weight excluding hydrogens is 164 g/mol. The molecule has 70 valence electrons. The van der Waals surface area contributed by atoms with Crippen LogP contribution in [0.1, 0.15) is 6.92 Å². The maximum absolute atomic E-state index is 10.8. The van der Waals surface area contributed by atoms with E-state index in [9.17, 15) is 9.59 Å². The summed E-state index contributed by atoms with van der Waals surface area (Å²) in [6, 6.07) is 0. The van der Waals surface area contributed by atoms with Crippen LogP contribution < -0.4 is 0 Å². The summed E-state index contributed by atoms with van der Waals surface area (Å²) in [6.45, 7) is 1.38. The lowest BCUT2D eigenvalue weighted by atomic mass is 10.1. The second kappa shape index (κ2) is 4.71.